The van der Waals surface area contributed by atoms with Crippen molar-refractivity contribution >= 4 is 23.7 Å². The number of carbonyl (C=O) groups excluding carboxylic acids is 2. The van der Waals surface area contributed by atoms with Gasteiger partial charge in [0, 0.05) is 19.5 Å². The van der Waals surface area contributed by atoms with Gasteiger partial charge in [-0.3, -0.25) is 19.6 Å². The predicted molar refractivity (Wildman–Crippen MR) is 130 cm³/mol. The lowest BCUT2D eigenvalue weighted by atomic mass is 9.98. The van der Waals surface area contributed by atoms with E-state index in [0.717, 1.165) is 22.3 Å². The third kappa shape index (κ3) is 5.03. The second-order valence-electron chi connectivity index (χ2n) is 8.51. The Hall–Kier alpha value is -4.14. The highest BCUT2D eigenvalue weighted by atomic mass is 16.5. The molecule has 0 spiro atoms. The summed E-state index contributed by atoms with van der Waals surface area (Å²) in [6.07, 6.45) is 1.79. The normalized spacial score (nSPS) is 13.0. The summed E-state index contributed by atoms with van der Waals surface area (Å²) in [4.78, 5) is 36.7. The highest BCUT2D eigenvalue weighted by Gasteiger charge is 2.29. The summed E-state index contributed by atoms with van der Waals surface area (Å²) in [7, 11) is 1.57. The van der Waals surface area contributed by atoms with Crippen LogP contribution in [0.1, 0.15) is 47.3 Å². The summed E-state index contributed by atoms with van der Waals surface area (Å²) in [5.41, 5.74) is 4.76. The van der Waals surface area contributed by atoms with Crippen molar-refractivity contribution < 1.29 is 24.2 Å². The third-order valence-electron chi connectivity index (χ3n) is 6.23. The van der Waals surface area contributed by atoms with Gasteiger partial charge < -0.3 is 15.2 Å². The lowest BCUT2D eigenvalue weighted by molar-refractivity contribution is -0.141. The van der Waals surface area contributed by atoms with E-state index in [9.17, 15) is 19.5 Å². The number of aryl methyl sites for hydroxylation is 1. The number of anilines is 1. The molecule has 1 aromatic heterocycles. The van der Waals surface area contributed by atoms with Crippen molar-refractivity contribution in [1.82, 2.24) is 15.1 Å². The first kappa shape index (κ1) is 24.0. The highest BCUT2D eigenvalue weighted by Crippen LogP contribution is 2.44. The van der Waals surface area contributed by atoms with E-state index in [2.05, 4.69) is 27.9 Å². The van der Waals surface area contributed by atoms with Crippen LogP contribution in [0.25, 0.3) is 11.1 Å². The molecule has 1 aliphatic carbocycles. The van der Waals surface area contributed by atoms with E-state index in [1.165, 1.54) is 10.9 Å². The summed E-state index contributed by atoms with van der Waals surface area (Å²) in [6, 6.07) is 16.1. The Kier molecular flexibility index (Phi) is 7.14. The maximum atomic E-state index is 12.7. The Morgan fingerprint density at radius 1 is 1.09 bits per heavy atom. The molecule has 0 saturated heterocycles. The van der Waals surface area contributed by atoms with Crippen LogP contribution in [0.3, 0.4) is 0 Å². The van der Waals surface area contributed by atoms with Crippen LogP contribution in [0.5, 0.6) is 0 Å². The molecule has 0 bridgehead atoms. The van der Waals surface area contributed by atoms with E-state index in [0.29, 0.717) is 12.8 Å². The standard InChI is InChI=1S/C26H28N4O5/c1-3-8-16(25(32)33)13-27-24(31)23-22(14-28-30(23)2)29-26(34)35-15-21-19-11-6-4-9-17(19)18-10-5-7-12-20(18)21/h4-7,9-12,14,16,21H,3,8,13,15H2,1-2H3,(H,27,31)(H,29,34)(H,32,33). The number of benzene rings is 2. The number of amides is 2. The number of ether oxygens (including phenoxy) is 1. The average molecular weight is 477 g/mol. The van der Waals surface area contributed by atoms with Crippen LogP contribution in [0.4, 0.5) is 10.5 Å². The van der Waals surface area contributed by atoms with Gasteiger partial charge >= 0.3 is 12.1 Å². The molecule has 0 fully saturated rings. The van der Waals surface area contributed by atoms with Gasteiger partial charge in [-0.1, -0.05) is 61.9 Å². The van der Waals surface area contributed by atoms with Crippen molar-refractivity contribution in [2.24, 2.45) is 13.0 Å². The van der Waals surface area contributed by atoms with Gasteiger partial charge in [-0.2, -0.15) is 5.10 Å². The smallest absolute Gasteiger partial charge is 0.411 e. The van der Waals surface area contributed by atoms with E-state index in [1.807, 2.05) is 43.3 Å². The molecule has 0 aliphatic heterocycles. The van der Waals surface area contributed by atoms with E-state index in [4.69, 9.17) is 4.74 Å². The third-order valence-corrected chi connectivity index (χ3v) is 6.23. The number of carboxylic acid groups (broad SMARTS) is 1. The number of carbonyl (C=O) groups is 3. The summed E-state index contributed by atoms with van der Waals surface area (Å²) >= 11 is 0. The van der Waals surface area contributed by atoms with Crippen LogP contribution in [-0.2, 0) is 16.6 Å². The molecule has 4 rings (SSSR count). The van der Waals surface area contributed by atoms with Crippen LogP contribution in [-0.4, -0.2) is 46.0 Å². The molecular weight excluding hydrogens is 448 g/mol. The van der Waals surface area contributed by atoms with Gasteiger partial charge in [0.1, 0.15) is 12.3 Å². The lowest BCUT2D eigenvalue weighted by Crippen LogP contribution is -2.34. The van der Waals surface area contributed by atoms with E-state index in [-0.39, 0.29) is 30.5 Å². The number of hydrogen-bond donors (Lipinski definition) is 3. The van der Waals surface area contributed by atoms with E-state index >= 15 is 0 Å². The molecule has 9 heteroatoms. The van der Waals surface area contributed by atoms with Gasteiger partial charge in [-0.05, 0) is 28.7 Å². The summed E-state index contributed by atoms with van der Waals surface area (Å²) in [6.45, 7) is 2.01. The Morgan fingerprint density at radius 2 is 1.71 bits per heavy atom. The zero-order valence-corrected chi connectivity index (χ0v) is 19.7. The van der Waals surface area contributed by atoms with Crippen molar-refractivity contribution in [3.63, 3.8) is 0 Å². The Labute approximate surface area is 203 Å². The van der Waals surface area contributed by atoms with Crippen LogP contribution in [0.15, 0.2) is 54.7 Å². The minimum Gasteiger partial charge on any atom is -0.481 e. The minimum absolute atomic E-state index is 0.0163. The molecular formula is C26H28N4O5. The van der Waals surface area contributed by atoms with Gasteiger partial charge in [0.15, 0.2) is 0 Å². The minimum atomic E-state index is -0.964. The van der Waals surface area contributed by atoms with Crippen molar-refractivity contribution in [3.8, 4) is 11.1 Å². The molecule has 3 N–H and O–H groups in total. The number of aromatic nitrogens is 2. The van der Waals surface area contributed by atoms with Crippen LogP contribution in [0.2, 0.25) is 0 Å². The van der Waals surface area contributed by atoms with Gasteiger partial charge in [0.05, 0.1) is 17.8 Å². The molecule has 1 aliphatic rings. The van der Waals surface area contributed by atoms with Crippen LogP contribution in [0, 0.1) is 5.92 Å². The molecule has 1 atom stereocenters. The second-order valence-corrected chi connectivity index (χ2v) is 8.51. The van der Waals surface area contributed by atoms with Crippen LogP contribution < -0.4 is 10.6 Å². The Bertz CT molecular complexity index is 1210. The molecule has 1 heterocycles. The fourth-order valence-electron chi connectivity index (χ4n) is 4.50. The van der Waals surface area contributed by atoms with Gasteiger partial charge in [-0.15, -0.1) is 0 Å². The van der Waals surface area contributed by atoms with Gasteiger partial charge in [0.2, 0.25) is 0 Å². The first-order chi connectivity index (χ1) is 16.9. The number of aliphatic carboxylic acids is 1. The van der Waals surface area contributed by atoms with Crippen molar-refractivity contribution in [2.75, 3.05) is 18.5 Å². The zero-order valence-electron chi connectivity index (χ0n) is 19.7. The first-order valence-electron chi connectivity index (χ1n) is 11.6. The largest absolute Gasteiger partial charge is 0.481 e. The zero-order chi connectivity index (χ0) is 24.9. The number of carboxylic acids is 1. The molecule has 2 aromatic carbocycles. The fraction of sp³-hybridized carbons (Fsp3) is 0.308. The predicted octanol–water partition coefficient (Wildman–Crippen LogP) is 4.01. The quantitative estimate of drug-likeness (QED) is 0.429. The van der Waals surface area contributed by atoms with E-state index < -0.39 is 23.9 Å². The monoisotopic (exact) mass is 476 g/mol. The second kappa shape index (κ2) is 10.4. The first-order valence-corrected chi connectivity index (χ1v) is 11.6. The van der Waals surface area contributed by atoms with Crippen molar-refractivity contribution in [3.05, 3.63) is 71.5 Å². The topological polar surface area (TPSA) is 123 Å². The average Bonchev–Trinajstić information content (AvgIpc) is 3.37. The van der Waals surface area contributed by atoms with E-state index in [1.54, 1.807) is 7.05 Å². The highest BCUT2D eigenvalue weighted by molar-refractivity contribution is 6.01. The number of hydrogen-bond acceptors (Lipinski definition) is 5. The Balaban J connectivity index is 1.41. The number of fused-ring (bicyclic) bond motifs is 3. The molecule has 182 valence electrons. The maximum Gasteiger partial charge on any atom is 0.411 e. The van der Waals surface area contributed by atoms with Crippen molar-refractivity contribution in [1.29, 1.82) is 0 Å². The van der Waals surface area contributed by atoms with Gasteiger partial charge in [0.25, 0.3) is 5.91 Å². The van der Waals surface area contributed by atoms with Crippen LogP contribution >= 0.6 is 0 Å². The number of nitrogens with one attached hydrogen (secondary N) is 2. The summed E-state index contributed by atoms with van der Waals surface area (Å²) in [5, 5.41) is 18.6. The summed E-state index contributed by atoms with van der Waals surface area (Å²) in [5.74, 6) is -2.26. The lowest BCUT2D eigenvalue weighted by Gasteiger charge is -2.15. The van der Waals surface area contributed by atoms with Gasteiger partial charge in [-0.25, -0.2) is 4.79 Å². The summed E-state index contributed by atoms with van der Waals surface area (Å²) < 4.78 is 6.88. The molecule has 2 amide bonds. The molecule has 9 nitrogen and oxygen atoms in total. The maximum absolute atomic E-state index is 12.7. The molecule has 0 saturated carbocycles. The number of nitrogens with zero attached hydrogens (tertiary/aromatic N) is 2. The number of rotatable bonds is 9. The SMILES string of the molecule is CCCC(CNC(=O)c1c(NC(=O)OCC2c3ccccc3-c3ccccc32)cnn1C)C(=O)O. The molecule has 1 unspecified atom stereocenters. The molecule has 35 heavy (non-hydrogen) atoms. The Morgan fingerprint density at radius 3 is 2.31 bits per heavy atom. The van der Waals surface area contributed by atoms with Crippen molar-refractivity contribution in [2.45, 2.75) is 25.7 Å². The molecule has 0 radical (unpaired) electrons. The fourth-order valence-corrected chi connectivity index (χ4v) is 4.50. The molecule has 3 aromatic rings.